The smallest absolute Gasteiger partial charge is 0.257 e. The van der Waals surface area contributed by atoms with Gasteiger partial charge in [-0.2, -0.15) is 0 Å². The number of rotatable bonds is 6. The van der Waals surface area contributed by atoms with E-state index in [0.717, 1.165) is 6.07 Å². The maximum atomic E-state index is 11.6. The number of nitrogens with zero attached hydrogens (tertiary/aromatic N) is 1. The number of hydrogen-bond donors (Lipinski definition) is 3. The summed E-state index contributed by atoms with van der Waals surface area (Å²) in [5.74, 6) is 0.0326. The molecule has 0 aliphatic carbocycles. The first-order valence-corrected chi connectivity index (χ1v) is 6.85. The first kappa shape index (κ1) is 15.8. The summed E-state index contributed by atoms with van der Waals surface area (Å²) in [6.45, 7) is 0.0742. The highest BCUT2D eigenvalue weighted by Gasteiger charge is 2.06. The molecule has 0 saturated carbocycles. The van der Waals surface area contributed by atoms with Gasteiger partial charge in [0.15, 0.2) is 6.61 Å². The minimum atomic E-state index is -0.448. The van der Waals surface area contributed by atoms with E-state index in [4.69, 9.17) is 16.3 Å². The number of amides is 1. The monoisotopic (exact) mass is 323 g/mol. The molecule has 0 radical (unpaired) electrons. The van der Waals surface area contributed by atoms with Gasteiger partial charge in [-0.05, 0) is 12.1 Å². The molecule has 0 fully saturated rings. The number of H-pyrrole nitrogens is 1. The number of benzene rings is 1. The summed E-state index contributed by atoms with van der Waals surface area (Å²) in [6.07, 6.45) is 0.279. The van der Waals surface area contributed by atoms with Crippen LogP contribution in [0.25, 0.3) is 0 Å². The van der Waals surface area contributed by atoms with Gasteiger partial charge in [-0.25, -0.2) is 4.98 Å². The molecule has 0 spiro atoms. The molecule has 1 aromatic heterocycles. The second-order valence-electron chi connectivity index (χ2n) is 4.37. The van der Waals surface area contributed by atoms with Crippen LogP contribution in [0.1, 0.15) is 5.82 Å². The van der Waals surface area contributed by atoms with Gasteiger partial charge in [-0.1, -0.05) is 23.7 Å². The molecule has 0 aliphatic rings. The second kappa shape index (κ2) is 7.46. The normalized spacial score (nSPS) is 10.2. The molecule has 116 valence electrons. The van der Waals surface area contributed by atoms with Crippen molar-refractivity contribution in [3.05, 3.63) is 51.5 Å². The van der Waals surface area contributed by atoms with E-state index in [9.17, 15) is 14.7 Å². The van der Waals surface area contributed by atoms with E-state index in [0.29, 0.717) is 10.8 Å². The van der Waals surface area contributed by atoms with Crippen molar-refractivity contribution in [2.24, 2.45) is 0 Å². The Labute approximate surface area is 130 Å². The lowest BCUT2D eigenvalue weighted by molar-refractivity contribution is -0.123. The molecule has 22 heavy (non-hydrogen) atoms. The van der Waals surface area contributed by atoms with Crippen LogP contribution in [-0.4, -0.2) is 34.1 Å². The molecule has 0 atom stereocenters. The third kappa shape index (κ3) is 4.78. The SMILES string of the molecule is O=C(COc1ccccc1Cl)NCCc1nc(O)cc(=O)[nH]1. The van der Waals surface area contributed by atoms with Crippen LogP contribution in [0.4, 0.5) is 0 Å². The highest BCUT2D eigenvalue weighted by molar-refractivity contribution is 6.32. The Bertz CT molecular complexity index is 717. The van der Waals surface area contributed by atoms with Gasteiger partial charge in [-0.15, -0.1) is 0 Å². The van der Waals surface area contributed by atoms with Crippen LogP contribution in [0.2, 0.25) is 5.02 Å². The molecule has 2 aromatic rings. The summed E-state index contributed by atoms with van der Waals surface area (Å²) in [5.41, 5.74) is -0.448. The van der Waals surface area contributed by atoms with Crippen molar-refractivity contribution in [2.75, 3.05) is 13.2 Å². The number of aromatic nitrogens is 2. The maximum absolute atomic E-state index is 11.6. The number of para-hydroxylation sites is 1. The summed E-state index contributed by atoms with van der Waals surface area (Å²) >= 11 is 5.90. The predicted octanol–water partition coefficient (Wildman–Crippen LogP) is 0.867. The van der Waals surface area contributed by atoms with Crippen LogP contribution in [0.15, 0.2) is 35.1 Å². The zero-order valence-electron chi connectivity index (χ0n) is 11.5. The molecule has 2 rings (SSSR count). The van der Waals surface area contributed by atoms with Crippen LogP contribution >= 0.6 is 11.6 Å². The Balaban J connectivity index is 1.76. The molecule has 7 nitrogen and oxygen atoms in total. The Kier molecular flexibility index (Phi) is 5.37. The van der Waals surface area contributed by atoms with Crippen LogP contribution in [-0.2, 0) is 11.2 Å². The molecule has 0 unspecified atom stereocenters. The number of carbonyl (C=O) groups is 1. The topological polar surface area (TPSA) is 104 Å². The molecule has 0 aliphatic heterocycles. The average Bonchev–Trinajstić information content (AvgIpc) is 2.45. The van der Waals surface area contributed by atoms with Gasteiger partial charge >= 0.3 is 0 Å². The number of halogens is 1. The third-order valence-corrected chi connectivity index (χ3v) is 2.97. The summed E-state index contributed by atoms with van der Waals surface area (Å²) in [4.78, 5) is 29.0. The fourth-order valence-electron chi connectivity index (χ4n) is 1.69. The van der Waals surface area contributed by atoms with Crippen molar-refractivity contribution in [3.8, 4) is 11.6 Å². The Hall–Kier alpha value is -2.54. The highest BCUT2D eigenvalue weighted by atomic mass is 35.5. The van der Waals surface area contributed by atoms with Gasteiger partial charge < -0.3 is 20.1 Å². The van der Waals surface area contributed by atoms with E-state index in [1.807, 2.05) is 0 Å². The lowest BCUT2D eigenvalue weighted by atomic mass is 10.3. The van der Waals surface area contributed by atoms with Gasteiger partial charge in [0.25, 0.3) is 11.5 Å². The Morgan fingerprint density at radius 2 is 2.18 bits per heavy atom. The first-order chi connectivity index (χ1) is 10.5. The number of nitrogens with one attached hydrogen (secondary N) is 2. The van der Waals surface area contributed by atoms with Crippen molar-refractivity contribution in [2.45, 2.75) is 6.42 Å². The first-order valence-electron chi connectivity index (χ1n) is 6.48. The highest BCUT2D eigenvalue weighted by Crippen LogP contribution is 2.22. The number of carbonyl (C=O) groups excluding carboxylic acids is 1. The maximum Gasteiger partial charge on any atom is 0.257 e. The van der Waals surface area contributed by atoms with Crippen LogP contribution in [0, 0.1) is 0 Å². The summed E-state index contributed by atoms with van der Waals surface area (Å²) < 4.78 is 5.28. The van der Waals surface area contributed by atoms with Crippen molar-refractivity contribution < 1.29 is 14.6 Å². The van der Waals surface area contributed by atoms with E-state index in [1.54, 1.807) is 24.3 Å². The molecule has 1 amide bonds. The van der Waals surface area contributed by atoms with Gasteiger partial charge in [-0.3, -0.25) is 9.59 Å². The van der Waals surface area contributed by atoms with E-state index in [2.05, 4.69) is 15.3 Å². The van der Waals surface area contributed by atoms with Gasteiger partial charge in [0.05, 0.1) is 11.1 Å². The molecule has 8 heteroatoms. The van der Waals surface area contributed by atoms with Gasteiger partial charge in [0.1, 0.15) is 11.6 Å². The minimum absolute atomic E-state index is 0.173. The largest absolute Gasteiger partial charge is 0.493 e. The minimum Gasteiger partial charge on any atom is -0.493 e. The summed E-state index contributed by atoms with van der Waals surface area (Å²) in [7, 11) is 0. The zero-order valence-corrected chi connectivity index (χ0v) is 12.3. The van der Waals surface area contributed by atoms with Gasteiger partial charge in [0, 0.05) is 13.0 Å². The zero-order chi connectivity index (χ0) is 15.9. The predicted molar refractivity (Wildman–Crippen MR) is 80.2 cm³/mol. The fourth-order valence-corrected chi connectivity index (χ4v) is 1.88. The number of aromatic hydroxyl groups is 1. The second-order valence-corrected chi connectivity index (χ2v) is 4.78. The molecule has 1 heterocycles. The number of hydrogen-bond acceptors (Lipinski definition) is 5. The van der Waals surface area contributed by atoms with Crippen molar-refractivity contribution in [3.63, 3.8) is 0 Å². The quantitative estimate of drug-likeness (QED) is 0.731. The molecule has 1 aromatic carbocycles. The van der Waals surface area contributed by atoms with Crippen LogP contribution in [0.3, 0.4) is 0 Å². The lowest BCUT2D eigenvalue weighted by Gasteiger charge is -2.08. The summed E-state index contributed by atoms with van der Waals surface area (Å²) in [6, 6.07) is 7.82. The molecule has 3 N–H and O–H groups in total. The van der Waals surface area contributed by atoms with Crippen molar-refractivity contribution >= 4 is 17.5 Å². The summed E-state index contributed by atoms with van der Waals surface area (Å²) in [5, 5.41) is 12.2. The van der Waals surface area contributed by atoms with Gasteiger partial charge in [0.2, 0.25) is 5.88 Å². The van der Waals surface area contributed by atoms with Crippen molar-refractivity contribution in [1.29, 1.82) is 0 Å². The van der Waals surface area contributed by atoms with Crippen LogP contribution < -0.4 is 15.6 Å². The molecule has 0 bridgehead atoms. The lowest BCUT2D eigenvalue weighted by Crippen LogP contribution is -2.31. The molecular weight excluding hydrogens is 310 g/mol. The number of ether oxygens (including phenoxy) is 1. The fraction of sp³-hybridized carbons (Fsp3) is 0.214. The van der Waals surface area contributed by atoms with E-state index < -0.39 is 5.56 Å². The van der Waals surface area contributed by atoms with E-state index in [1.165, 1.54) is 0 Å². The number of aromatic amines is 1. The Morgan fingerprint density at radius 3 is 2.91 bits per heavy atom. The van der Waals surface area contributed by atoms with Crippen molar-refractivity contribution in [1.82, 2.24) is 15.3 Å². The third-order valence-electron chi connectivity index (χ3n) is 2.66. The Morgan fingerprint density at radius 1 is 1.41 bits per heavy atom. The van der Waals surface area contributed by atoms with Crippen LogP contribution in [0.5, 0.6) is 11.6 Å². The van der Waals surface area contributed by atoms with E-state index in [-0.39, 0.29) is 37.2 Å². The average molecular weight is 324 g/mol. The van der Waals surface area contributed by atoms with E-state index >= 15 is 0 Å². The standard InChI is InChI=1S/C14H14ClN3O4/c15-9-3-1-2-4-10(9)22-8-14(21)16-6-5-11-17-12(19)7-13(20)18-11/h1-4,7H,5-6,8H2,(H,16,21)(H2,17,18,19,20). The molecular formula is C14H14ClN3O4. The molecule has 0 saturated heterocycles.